The number of urea groups is 1. The van der Waals surface area contributed by atoms with E-state index in [0.717, 1.165) is 21.6 Å². The van der Waals surface area contributed by atoms with Gasteiger partial charge in [-0.15, -0.1) is 0 Å². The summed E-state index contributed by atoms with van der Waals surface area (Å²) in [5, 5.41) is 6.55. The number of carbonyl (C=O) groups is 1. The number of nitrogens with zero attached hydrogens (tertiary/aromatic N) is 1. The van der Waals surface area contributed by atoms with E-state index < -0.39 is 56.3 Å². The molecular formula is C31H32FN3O7P-. The van der Waals surface area contributed by atoms with E-state index >= 15 is 4.39 Å². The average molecular weight is 609 g/mol. The predicted molar refractivity (Wildman–Crippen MR) is 153 cm³/mol. The van der Waals surface area contributed by atoms with Crippen molar-refractivity contribution in [3.63, 3.8) is 0 Å². The number of halogens is 1. The lowest BCUT2D eigenvalue weighted by molar-refractivity contribution is -0.258. The largest absolute Gasteiger partial charge is 0.756 e. The van der Waals surface area contributed by atoms with Crippen LogP contribution in [0.2, 0.25) is 0 Å². The molecule has 43 heavy (non-hydrogen) atoms. The number of hydrogen-bond donors (Lipinski definition) is 2. The van der Waals surface area contributed by atoms with Crippen LogP contribution in [0.3, 0.4) is 0 Å². The summed E-state index contributed by atoms with van der Waals surface area (Å²) in [6.07, 6.45) is -2.13. The molecule has 0 spiro atoms. The Bertz CT molecular complexity index is 1490. The first-order valence-electron chi connectivity index (χ1n) is 14.0. The van der Waals surface area contributed by atoms with Gasteiger partial charge < -0.3 is 28.7 Å². The van der Waals surface area contributed by atoms with Gasteiger partial charge in [-0.25, -0.2) is 9.18 Å². The van der Waals surface area contributed by atoms with E-state index in [0.29, 0.717) is 5.75 Å². The molecular weight excluding hydrogens is 576 g/mol. The highest BCUT2D eigenvalue weighted by Crippen LogP contribution is 2.54. The Morgan fingerprint density at radius 2 is 1.67 bits per heavy atom. The first-order chi connectivity index (χ1) is 20.7. The second-order valence-electron chi connectivity index (χ2n) is 10.6. The van der Waals surface area contributed by atoms with E-state index in [1.54, 1.807) is 20.1 Å². The van der Waals surface area contributed by atoms with E-state index in [1.807, 2.05) is 84.9 Å². The van der Waals surface area contributed by atoms with Crippen molar-refractivity contribution in [1.82, 2.24) is 15.5 Å². The fourth-order valence-corrected chi connectivity index (χ4v) is 7.05. The lowest BCUT2D eigenvalue weighted by atomic mass is 9.76. The molecule has 10 nitrogen and oxygen atoms in total. The third-order valence-electron chi connectivity index (χ3n) is 8.28. The number of carbonyl (C=O) groups excluding carboxylic acids is 1. The van der Waals surface area contributed by atoms with Gasteiger partial charge in [0.15, 0.2) is 12.4 Å². The molecule has 3 aliphatic rings. The molecule has 2 fully saturated rings. The quantitative estimate of drug-likeness (QED) is 0.289. The monoisotopic (exact) mass is 608 g/mol. The summed E-state index contributed by atoms with van der Waals surface area (Å²) < 4.78 is 48.8. The second kappa shape index (κ2) is 11.5. The second-order valence-corrected chi connectivity index (χ2v) is 12.0. The van der Waals surface area contributed by atoms with Crippen LogP contribution in [0.4, 0.5) is 9.18 Å². The molecule has 2 amide bonds. The number of alkyl halides is 1. The summed E-state index contributed by atoms with van der Waals surface area (Å²) >= 11 is 0. The summed E-state index contributed by atoms with van der Waals surface area (Å²) in [5.41, 5.74) is 0.468. The van der Waals surface area contributed by atoms with Gasteiger partial charge >= 0.3 is 6.03 Å². The van der Waals surface area contributed by atoms with Gasteiger partial charge in [0.1, 0.15) is 23.6 Å². The Morgan fingerprint density at radius 1 is 1.07 bits per heavy atom. The summed E-state index contributed by atoms with van der Waals surface area (Å²) in [6.45, 7) is 1.32. The highest BCUT2D eigenvalue weighted by Gasteiger charge is 2.61. The minimum atomic E-state index is -4.68. The van der Waals surface area contributed by atoms with Crippen molar-refractivity contribution in [3.05, 3.63) is 114 Å². The zero-order valence-electron chi connectivity index (χ0n) is 23.6. The zero-order valence-corrected chi connectivity index (χ0v) is 24.5. The molecule has 3 aromatic carbocycles. The number of ether oxygens (including phenoxy) is 2. The van der Waals surface area contributed by atoms with Gasteiger partial charge in [0.05, 0.1) is 19.3 Å². The number of rotatable bonds is 8. The third-order valence-corrected chi connectivity index (χ3v) is 9.21. The van der Waals surface area contributed by atoms with Crippen LogP contribution in [-0.4, -0.2) is 54.9 Å². The molecule has 2 unspecified atom stereocenters. The number of phosphoric acid groups is 1. The van der Waals surface area contributed by atoms with Crippen LogP contribution in [0.15, 0.2) is 97.2 Å². The number of amides is 2. The van der Waals surface area contributed by atoms with E-state index in [1.165, 1.54) is 6.20 Å². The Balaban J connectivity index is 1.35. The number of phosphoric ester groups is 1. The van der Waals surface area contributed by atoms with Crippen molar-refractivity contribution < 1.29 is 37.2 Å². The Hall–Kier alpha value is -3.57. The first-order valence-corrected chi connectivity index (χ1v) is 15.4. The molecule has 0 radical (unpaired) electrons. The molecule has 6 atom stereocenters. The van der Waals surface area contributed by atoms with Crippen LogP contribution in [0.5, 0.6) is 5.75 Å². The number of hydrogen-bond acceptors (Lipinski definition) is 8. The summed E-state index contributed by atoms with van der Waals surface area (Å²) in [4.78, 5) is 26.5. The Kier molecular flexibility index (Phi) is 7.89. The molecule has 2 saturated heterocycles. The fraction of sp³-hybridized carbons (Fsp3) is 0.323. The fourth-order valence-electron chi connectivity index (χ4n) is 6.02. The van der Waals surface area contributed by atoms with E-state index in [9.17, 15) is 14.3 Å². The number of fused-ring (bicyclic) bond motifs is 1. The maximum atomic E-state index is 15.7. The van der Waals surface area contributed by atoms with Crippen molar-refractivity contribution in [2.24, 2.45) is 0 Å². The summed E-state index contributed by atoms with van der Waals surface area (Å²) in [6, 6.07) is 26.8. The Morgan fingerprint density at radius 3 is 2.23 bits per heavy atom. The highest BCUT2D eigenvalue weighted by atomic mass is 31.2. The van der Waals surface area contributed by atoms with Crippen LogP contribution < -0.4 is 20.3 Å². The number of benzene rings is 3. The van der Waals surface area contributed by atoms with Crippen LogP contribution in [-0.2, 0) is 23.9 Å². The predicted octanol–water partition coefficient (Wildman–Crippen LogP) is 4.17. The zero-order chi connectivity index (χ0) is 30.2. The minimum absolute atomic E-state index is 0.219. The SMILES string of the molecule is CC[C@@]12COP(=O)([O-])O[C@H]1[C@@H](F)[C@H](N1C=CC(NC(c3ccccc3)(c3ccccc3)c3ccc(OC)cc3)NC1=O)O2. The van der Waals surface area contributed by atoms with Gasteiger partial charge in [-0.2, -0.15) is 0 Å². The molecule has 3 heterocycles. The molecule has 3 aliphatic heterocycles. The van der Waals surface area contributed by atoms with Crippen molar-refractivity contribution in [1.29, 1.82) is 0 Å². The molecule has 6 rings (SSSR count). The van der Waals surface area contributed by atoms with E-state index in [2.05, 4.69) is 10.6 Å². The topological polar surface area (TPSA) is 121 Å². The van der Waals surface area contributed by atoms with E-state index in [-0.39, 0.29) is 6.42 Å². The first kappa shape index (κ1) is 29.5. The van der Waals surface area contributed by atoms with Gasteiger partial charge in [0.25, 0.3) is 7.82 Å². The van der Waals surface area contributed by atoms with Crippen molar-refractivity contribution in [3.8, 4) is 5.75 Å². The molecule has 226 valence electrons. The molecule has 0 aliphatic carbocycles. The minimum Gasteiger partial charge on any atom is -0.756 e. The van der Waals surface area contributed by atoms with Crippen molar-refractivity contribution in [2.45, 2.75) is 49.2 Å². The standard InChI is InChI=1S/C31H33FN3O7P/c1-3-30-20-40-43(37,38)42-27(30)26(32)28(41-30)35-19-18-25(33-29(35)36)34-31(21-10-6-4-7-11-21,22-12-8-5-9-13-22)23-14-16-24(39-2)17-15-23/h4-19,25-28,34H,3,20H2,1-2H3,(H,33,36)(H,37,38)/p-1/t25?,26-,27+,28-,30-/m1/s1. The Labute approximate surface area is 249 Å². The van der Waals surface area contributed by atoms with E-state index in [4.69, 9.17) is 18.5 Å². The lowest BCUT2D eigenvalue weighted by Gasteiger charge is -2.42. The van der Waals surface area contributed by atoms with Crippen LogP contribution >= 0.6 is 7.82 Å². The van der Waals surface area contributed by atoms with Crippen molar-refractivity contribution in [2.75, 3.05) is 13.7 Å². The van der Waals surface area contributed by atoms with Gasteiger partial charge in [0.2, 0.25) is 0 Å². The summed E-state index contributed by atoms with van der Waals surface area (Å²) in [7, 11) is -3.08. The molecule has 12 heteroatoms. The van der Waals surface area contributed by atoms with Gasteiger partial charge in [-0.1, -0.05) is 79.7 Å². The average Bonchev–Trinajstić information content (AvgIpc) is 3.31. The van der Waals surface area contributed by atoms with Crippen LogP contribution in [0, 0.1) is 0 Å². The smallest absolute Gasteiger partial charge is 0.325 e. The molecule has 0 aromatic heterocycles. The van der Waals surface area contributed by atoms with Crippen LogP contribution in [0.25, 0.3) is 0 Å². The van der Waals surface area contributed by atoms with Gasteiger partial charge in [-0.05, 0) is 41.3 Å². The number of methoxy groups -OCH3 is 1. The molecule has 0 bridgehead atoms. The molecule has 3 aromatic rings. The number of nitrogens with one attached hydrogen (secondary N) is 2. The molecule has 0 saturated carbocycles. The van der Waals surface area contributed by atoms with Gasteiger partial charge in [-0.3, -0.25) is 14.8 Å². The van der Waals surface area contributed by atoms with Gasteiger partial charge in [0, 0.05) is 6.20 Å². The highest BCUT2D eigenvalue weighted by molar-refractivity contribution is 7.46. The third kappa shape index (κ3) is 5.26. The summed E-state index contributed by atoms with van der Waals surface area (Å²) in [5.74, 6) is 0.700. The normalized spacial score (nSPS) is 30.5. The van der Waals surface area contributed by atoms with Crippen LogP contribution in [0.1, 0.15) is 30.0 Å². The van der Waals surface area contributed by atoms with Crippen molar-refractivity contribution >= 4 is 13.9 Å². The maximum Gasteiger partial charge on any atom is 0.325 e. The lowest BCUT2D eigenvalue weighted by Crippen LogP contribution is -2.60. The maximum absolute atomic E-state index is 15.7. The molecule has 2 N–H and O–H groups in total.